The molecule has 0 atom stereocenters. The van der Waals surface area contributed by atoms with Crippen molar-refractivity contribution in [2.45, 2.75) is 50.4 Å². The van der Waals surface area contributed by atoms with Crippen LogP contribution in [0, 0.1) is 5.92 Å². The summed E-state index contributed by atoms with van der Waals surface area (Å²) in [5, 5.41) is 23.4. The Morgan fingerprint density at radius 1 is 0.963 bits per heavy atom. The van der Waals surface area contributed by atoms with Gasteiger partial charge in [-0.15, -0.1) is 22.6 Å². The van der Waals surface area contributed by atoms with Crippen LogP contribution in [0.1, 0.15) is 60.9 Å². The van der Waals surface area contributed by atoms with Crippen molar-refractivity contribution in [1.82, 2.24) is 15.5 Å². The zero-order valence-corrected chi connectivity index (χ0v) is 16.9. The number of carboxylic acids is 1. The van der Waals surface area contributed by atoms with Crippen LogP contribution in [0.15, 0.2) is 24.3 Å². The molecule has 1 aromatic heterocycles. The Hall–Kier alpha value is -1.50. The van der Waals surface area contributed by atoms with Gasteiger partial charge in [0.15, 0.2) is 0 Å². The Balaban J connectivity index is 0.00000210. The number of hydrogen-bond donors (Lipinski definition) is 2. The highest BCUT2D eigenvalue weighted by atomic mass is 35.5. The van der Waals surface area contributed by atoms with E-state index in [9.17, 15) is 4.79 Å². The second-order valence-corrected chi connectivity index (χ2v) is 8.49. The molecule has 0 amide bonds. The summed E-state index contributed by atoms with van der Waals surface area (Å²) in [7, 11) is 0. The maximum absolute atomic E-state index is 11.1. The third-order valence-electron chi connectivity index (χ3n) is 5.83. The van der Waals surface area contributed by atoms with E-state index in [1.54, 1.807) is 11.3 Å². The fourth-order valence-corrected chi connectivity index (χ4v) is 5.17. The molecule has 27 heavy (non-hydrogen) atoms. The van der Waals surface area contributed by atoms with Crippen LogP contribution >= 0.6 is 23.7 Å². The molecule has 1 aliphatic carbocycles. The number of hydrogen-bond acceptors (Lipinski definition) is 5. The number of carboxylic acid groups (broad SMARTS) is 1. The van der Waals surface area contributed by atoms with Gasteiger partial charge >= 0.3 is 5.97 Å². The summed E-state index contributed by atoms with van der Waals surface area (Å²) in [6.07, 6.45) is 5.73. The number of aliphatic carboxylic acids is 1. The lowest BCUT2D eigenvalue weighted by molar-refractivity contribution is -0.142. The van der Waals surface area contributed by atoms with Gasteiger partial charge in [0, 0.05) is 11.5 Å². The fraction of sp³-hybridized carbons (Fsp3) is 0.550. The van der Waals surface area contributed by atoms with E-state index >= 15 is 0 Å². The molecule has 2 fully saturated rings. The molecule has 2 heterocycles. The van der Waals surface area contributed by atoms with Crippen LogP contribution in [0.5, 0.6) is 0 Å². The molecule has 2 aliphatic rings. The quantitative estimate of drug-likeness (QED) is 0.782. The lowest BCUT2D eigenvalue weighted by atomic mass is 9.82. The third kappa shape index (κ3) is 4.68. The van der Waals surface area contributed by atoms with Crippen LogP contribution in [-0.2, 0) is 4.79 Å². The Kier molecular flexibility index (Phi) is 6.84. The maximum Gasteiger partial charge on any atom is 0.306 e. The van der Waals surface area contributed by atoms with E-state index in [-0.39, 0.29) is 18.3 Å². The maximum atomic E-state index is 11.1. The van der Waals surface area contributed by atoms with Crippen molar-refractivity contribution in [3.63, 3.8) is 0 Å². The minimum Gasteiger partial charge on any atom is -0.481 e. The number of carbonyl (C=O) groups is 1. The highest BCUT2D eigenvalue weighted by Crippen LogP contribution is 2.38. The standard InChI is InChI=1S/C20H25N3O2S.ClH/c24-20(25)17-7-5-16(6-8-17)19-23-22-18(26-19)15-3-1-13(2-4-15)14-9-11-21-12-10-14;/h1-4,14,16-17,21H,5-12H2,(H,24,25);1H. The van der Waals surface area contributed by atoms with Crippen molar-refractivity contribution >= 4 is 29.7 Å². The second kappa shape index (κ2) is 9.13. The third-order valence-corrected chi connectivity index (χ3v) is 6.97. The SMILES string of the molecule is Cl.O=C(O)C1CCC(c2nnc(-c3ccc(C4CCNCC4)cc3)s2)CC1. The van der Waals surface area contributed by atoms with Gasteiger partial charge in [0.05, 0.1) is 5.92 Å². The molecule has 0 unspecified atom stereocenters. The van der Waals surface area contributed by atoms with Gasteiger partial charge in [0.2, 0.25) is 0 Å². The minimum atomic E-state index is -0.657. The number of rotatable bonds is 4. The summed E-state index contributed by atoms with van der Waals surface area (Å²) in [5.41, 5.74) is 2.55. The summed E-state index contributed by atoms with van der Waals surface area (Å²) < 4.78 is 0. The van der Waals surface area contributed by atoms with Gasteiger partial charge in [-0.3, -0.25) is 4.79 Å². The lowest BCUT2D eigenvalue weighted by Gasteiger charge is -2.24. The number of piperidine rings is 1. The molecule has 1 aromatic carbocycles. The Morgan fingerprint density at radius 2 is 1.63 bits per heavy atom. The molecule has 1 saturated carbocycles. The monoisotopic (exact) mass is 407 g/mol. The first-order valence-corrected chi connectivity index (χ1v) is 10.4. The van der Waals surface area contributed by atoms with Crippen LogP contribution in [0.2, 0.25) is 0 Å². The molecule has 4 rings (SSSR count). The van der Waals surface area contributed by atoms with Gasteiger partial charge < -0.3 is 10.4 Å². The Bertz CT molecular complexity index is 751. The van der Waals surface area contributed by atoms with E-state index < -0.39 is 5.97 Å². The van der Waals surface area contributed by atoms with Gasteiger partial charge in [-0.25, -0.2) is 0 Å². The molecule has 1 saturated heterocycles. The van der Waals surface area contributed by atoms with E-state index in [0.717, 1.165) is 54.4 Å². The topological polar surface area (TPSA) is 75.1 Å². The number of halogens is 1. The molecule has 1 aliphatic heterocycles. The number of nitrogens with one attached hydrogen (secondary N) is 1. The minimum absolute atomic E-state index is 0. The van der Waals surface area contributed by atoms with E-state index in [1.165, 1.54) is 18.4 Å². The lowest BCUT2D eigenvalue weighted by Crippen LogP contribution is -2.26. The molecule has 0 spiro atoms. The zero-order valence-electron chi connectivity index (χ0n) is 15.3. The summed E-state index contributed by atoms with van der Waals surface area (Å²) in [6, 6.07) is 8.82. The molecular weight excluding hydrogens is 382 g/mol. The van der Waals surface area contributed by atoms with Crippen molar-refractivity contribution < 1.29 is 9.90 Å². The zero-order chi connectivity index (χ0) is 17.9. The van der Waals surface area contributed by atoms with E-state index in [2.05, 4.69) is 39.8 Å². The smallest absolute Gasteiger partial charge is 0.306 e. The van der Waals surface area contributed by atoms with E-state index in [0.29, 0.717) is 11.8 Å². The summed E-state index contributed by atoms with van der Waals surface area (Å²) >= 11 is 1.66. The van der Waals surface area contributed by atoms with E-state index in [1.807, 2.05) is 0 Å². The van der Waals surface area contributed by atoms with Crippen molar-refractivity contribution in [1.29, 1.82) is 0 Å². The number of nitrogens with zero attached hydrogens (tertiary/aromatic N) is 2. The summed E-state index contributed by atoms with van der Waals surface area (Å²) in [6.45, 7) is 2.21. The number of aromatic nitrogens is 2. The predicted octanol–water partition coefficient (Wildman–Crippen LogP) is 4.45. The van der Waals surface area contributed by atoms with E-state index in [4.69, 9.17) is 5.11 Å². The van der Waals surface area contributed by atoms with Gasteiger partial charge in [0.1, 0.15) is 10.0 Å². The van der Waals surface area contributed by atoms with Gasteiger partial charge in [-0.05, 0) is 63.1 Å². The molecular formula is C20H26ClN3O2S. The molecule has 2 aromatic rings. The van der Waals surface area contributed by atoms with Crippen LogP contribution in [0.4, 0.5) is 0 Å². The normalized spacial score (nSPS) is 23.6. The van der Waals surface area contributed by atoms with Crippen molar-refractivity contribution in [3.8, 4) is 10.6 Å². The molecule has 0 bridgehead atoms. The van der Waals surface area contributed by atoms with Crippen molar-refractivity contribution in [2.75, 3.05) is 13.1 Å². The highest BCUT2D eigenvalue weighted by molar-refractivity contribution is 7.14. The molecule has 5 nitrogen and oxygen atoms in total. The molecule has 0 radical (unpaired) electrons. The van der Waals surface area contributed by atoms with Crippen molar-refractivity contribution in [3.05, 3.63) is 34.8 Å². The first-order valence-electron chi connectivity index (χ1n) is 9.58. The highest BCUT2D eigenvalue weighted by Gasteiger charge is 2.28. The van der Waals surface area contributed by atoms with Crippen LogP contribution in [0.25, 0.3) is 10.6 Å². The largest absolute Gasteiger partial charge is 0.481 e. The molecule has 2 N–H and O–H groups in total. The van der Waals surface area contributed by atoms with Gasteiger partial charge in [-0.1, -0.05) is 35.6 Å². The number of benzene rings is 1. The fourth-order valence-electron chi connectivity index (χ4n) is 4.16. The van der Waals surface area contributed by atoms with Crippen LogP contribution < -0.4 is 5.32 Å². The van der Waals surface area contributed by atoms with Crippen LogP contribution in [-0.4, -0.2) is 34.4 Å². The predicted molar refractivity (Wildman–Crippen MR) is 110 cm³/mol. The van der Waals surface area contributed by atoms with Gasteiger partial charge in [0.25, 0.3) is 0 Å². The summed E-state index contributed by atoms with van der Waals surface area (Å²) in [5.74, 6) is 0.196. The van der Waals surface area contributed by atoms with Crippen molar-refractivity contribution in [2.24, 2.45) is 5.92 Å². The molecule has 146 valence electrons. The molecule has 7 heteroatoms. The van der Waals surface area contributed by atoms with Crippen LogP contribution in [0.3, 0.4) is 0 Å². The summed E-state index contributed by atoms with van der Waals surface area (Å²) in [4.78, 5) is 11.1. The Morgan fingerprint density at radius 3 is 2.26 bits per heavy atom. The average molecular weight is 408 g/mol. The average Bonchev–Trinajstić information content (AvgIpc) is 3.19. The second-order valence-electron chi connectivity index (χ2n) is 7.48. The van der Waals surface area contributed by atoms with Gasteiger partial charge in [-0.2, -0.15) is 0 Å². The first kappa shape index (κ1) is 20.2. The first-order chi connectivity index (χ1) is 12.7. The Labute approximate surface area is 170 Å².